The van der Waals surface area contributed by atoms with Crippen LogP contribution in [0.15, 0.2) is 48.5 Å². The van der Waals surface area contributed by atoms with Gasteiger partial charge in [0.05, 0.1) is 0 Å². The third kappa shape index (κ3) is 3.98. The minimum Gasteiger partial charge on any atom is -0.368 e. The molecule has 0 spiro atoms. The van der Waals surface area contributed by atoms with E-state index in [1.165, 1.54) is 15.3 Å². The van der Waals surface area contributed by atoms with Gasteiger partial charge in [-0.1, -0.05) is 41.9 Å². The van der Waals surface area contributed by atoms with Crippen molar-refractivity contribution in [3.8, 4) is 10.4 Å². The van der Waals surface area contributed by atoms with Crippen molar-refractivity contribution in [3.63, 3.8) is 0 Å². The minimum atomic E-state index is 0.224. The van der Waals surface area contributed by atoms with Crippen LogP contribution < -0.4 is 10.6 Å². The monoisotopic (exact) mass is 385 g/mol. The fourth-order valence-electron chi connectivity index (χ4n) is 3.16. The number of nitrogen functional groups attached to an aromatic ring is 1. The Balaban J connectivity index is 1.36. The van der Waals surface area contributed by atoms with Gasteiger partial charge >= 0.3 is 0 Å². The molecule has 2 N–H and O–H groups in total. The van der Waals surface area contributed by atoms with E-state index < -0.39 is 0 Å². The van der Waals surface area contributed by atoms with Gasteiger partial charge in [0, 0.05) is 48.5 Å². The predicted molar refractivity (Wildman–Crippen MR) is 109 cm³/mol. The lowest BCUT2D eigenvalue weighted by atomic mass is 10.2. The quantitative estimate of drug-likeness (QED) is 0.693. The molecule has 26 heavy (non-hydrogen) atoms. The van der Waals surface area contributed by atoms with Crippen molar-refractivity contribution in [1.82, 2.24) is 14.9 Å². The minimum absolute atomic E-state index is 0.224. The van der Waals surface area contributed by atoms with Gasteiger partial charge in [-0.3, -0.25) is 4.90 Å². The van der Waals surface area contributed by atoms with Crippen LogP contribution in [-0.4, -0.2) is 41.0 Å². The summed E-state index contributed by atoms with van der Waals surface area (Å²) in [6, 6.07) is 16.8. The van der Waals surface area contributed by atoms with Crippen molar-refractivity contribution in [2.24, 2.45) is 0 Å². The molecule has 0 radical (unpaired) electrons. The Bertz CT molecular complexity index is 854. The van der Waals surface area contributed by atoms with Crippen molar-refractivity contribution in [3.05, 3.63) is 58.6 Å². The Morgan fingerprint density at radius 1 is 1.00 bits per heavy atom. The van der Waals surface area contributed by atoms with Crippen LogP contribution in [0, 0.1) is 0 Å². The standard InChI is InChI=1S/C19H20ClN5S/c20-17-12-18(23-19(21)22-17)25-10-8-24(9-11-25)13-15-6-7-16(26-15)14-4-2-1-3-5-14/h1-7,12H,8-11,13H2,(H2,21,22,23). The lowest BCUT2D eigenvalue weighted by Crippen LogP contribution is -2.46. The summed E-state index contributed by atoms with van der Waals surface area (Å²) in [5.74, 6) is 1.03. The van der Waals surface area contributed by atoms with Gasteiger partial charge in [-0.2, -0.15) is 4.98 Å². The number of piperazine rings is 1. The number of aromatic nitrogens is 2. The van der Waals surface area contributed by atoms with Crippen LogP contribution in [0.25, 0.3) is 10.4 Å². The number of halogens is 1. The maximum Gasteiger partial charge on any atom is 0.223 e. The number of nitrogens with zero attached hydrogens (tertiary/aromatic N) is 4. The van der Waals surface area contributed by atoms with Crippen molar-refractivity contribution in [2.75, 3.05) is 36.8 Å². The van der Waals surface area contributed by atoms with Gasteiger partial charge in [-0.05, 0) is 17.7 Å². The van der Waals surface area contributed by atoms with Crippen LogP contribution in [0.3, 0.4) is 0 Å². The van der Waals surface area contributed by atoms with Gasteiger partial charge in [0.1, 0.15) is 11.0 Å². The first-order valence-electron chi connectivity index (χ1n) is 8.59. The first kappa shape index (κ1) is 17.3. The SMILES string of the molecule is Nc1nc(Cl)cc(N2CCN(Cc3ccc(-c4ccccc4)s3)CC2)n1. The summed E-state index contributed by atoms with van der Waals surface area (Å²) in [6.07, 6.45) is 0. The molecule has 3 aromatic rings. The molecule has 1 fully saturated rings. The van der Waals surface area contributed by atoms with Crippen LogP contribution in [-0.2, 0) is 6.54 Å². The van der Waals surface area contributed by atoms with E-state index in [-0.39, 0.29) is 5.95 Å². The third-order valence-electron chi connectivity index (χ3n) is 4.49. The average molecular weight is 386 g/mol. The molecule has 7 heteroatoms. The molecule has 5 nitrogen and oxygen atoms in total. The Labute approximate surface area is 162 Å². The topological polar surface area (TPSA) is 58.3 Å². The Kier molecular flexibility index (Phi) is 5.06. The molecule has 0 aliphatic carbocycles. The second kappa shape index (κ2) is 7.61. The van der Waals surface area contributed by atoms with E-state index in [2.05, 4.69) is 62.2 Å². The molecule has 0 amide bonds. The Morgan fingerprint density at radius 3 is 2.50 bits per heavy atom. The summed E-state index contributed by atoms with van der Waals surface area (Å²) in [5, 5.41) is 0.391. The maximum atomic E-state index is 5.99. The smallest absolute Gasteiger partial charge is 0.223 e. The van der Waals surface area contributed by atoms with Crippen LogP contribution in [0.1, 0.15) is 4.88 Å². The van der Waals surface area contributed by atoms with Gasteiger partial charge in [0.15, 0.2) is 0 Å². The van der Waals surface area contributed by atoms with Gasteiger partial charge in [-0.15, -0.1) is 11.3 Å². The zero-order valence-corrected chi connectivity index (χ0v) is 15.9. The average Bonchev–Trinajstić information content (AvgIpc) is 3.11. The molecule has 2 aromatic heterocycles. The van der Waals surface area contributed by atoms with E-state index in [0.29, 0.717) is 5.15 Å². The van der Waals surface area contributed by atoms with Crippen LogP contribution in [0.2, 0.25) is 5.15 Å². The van der Waals surface area contributed by atoms with E-state index in [1.807, 2.05) is 11.3 Å². The van der Waals surface area contributed by atoms with Crippen molar-refractivity contribution in [2.45, 2.75) is 6.54 Å². The normalized spacial score (nSPS) is 15.3. The summed E-state index contributed by atoms with van der Waals surface area (Å²) >= 11 is 7.86. The lowest BCUT2D eigenvalue weighted by Gasteiger charge is -2.35. The van der Waals surface area contributed by atoms with Crippen molar-refractivity contribution in [1.29, 1.82) is 0 Å². The molecule has 0 saturated carbocycles. The third-order valence-corrected chi connectivity index (χ3v) is 5.81. The van der Waals surface area contributed by atoms with Crippen LogP contribution in [0.4, 0.5) is 11.8 Å². The van der Waals surface area contributed by atoms with Crippen LogP contribution in [0.5, 0.6) is 0 Å². The number of nitrogens with two attached hydrogens (primary N) is 1. The van der Waals surface area contributed by atoms with Crippen LogP contribution >= 0.6 is 22.9 Å². The molecule has 0 atom stereocenters. The highest BCUT2D eigenvalue weighted by atomic mass is 35.5. The highest BCUT2D eigenvalue weighted by molar-refractivity contribution is 7.15. The molecular weight excluding hydrogens is 366 g/mol. The van der Waals surface area contributed by atoms with Crippen molar-refractivity contribution < 1.29 is 0 Å². The van der Waals surface area contributed by atoms with E-state index in [9.17, 15) is 0 Å². The first-order chi connectivity index (χ1) is 12.7. The maximum absolute atomic E-state index is 5.99. The Morgan fingerprint density at radius 2 is 1.77 bits per heavy atom. The summed E-state index contributed by atoms with van der Waals surface area (Å²) in [7, 11) is 0. The van der Waals surface area contributed by atoms with E-state index in [1.54, 1.807) is 6.07 Å². The molecule has 1 saturated heterocycles. The van der Waals surface area contributed by atoms with Gasteiger partial charge in [0.2, 0.25) is 5.95 Å². The van der Waals surface area contributed by atoms with E-state index >= 15 is 0 Å². The number of thiophene rings is 1. The molecule has 4 rings (SSSR count). The summed E-state index contributed by atoms with van der Waals surface area (Å²) in [6.45, 7) is 4.77. The fourth-order valence-corrected chi connectivity index (χ4v) is 4.40. The summed E-state index contributed by atoms with van der Waals surface area (Å²) in [4.78, 5) is 15.6. The zero-order chi connectivity index (χ0) is 17.9. The number of hydrogen-bond donors (Lipinski definition) is 1. The molecule has 0 unspecified atom stereocenters. The highest BCUT2D eigenvalue weighted by Gasteiger charge is 2.19. The first-order valence-corrected chi connectivity index (χ1v) is 9.78. The highest BCUT2D eigenvalue weighted by Crippen LogP contribution is 2.29. The number of hydrogen-bond acceptors (Lipinski definition) is 6. The Hall–Kier alpha value is -2.15. The fraction of sp³-hybridized carbons (Fsp3) is 0.263. The zero-order valence-electron chi connectivity index (χ0n) is 14.3. The van der Waals surface area contributed by atoms with Gasteiger partial charge in [0.25, 0.3) is 0 Å². The predicted octanol–water partition coefficient (Wildman–Crippen LogP) is 3.76. The number of rotatable bonds is 4. The lowest BCUT2D eigenvalue weighted by molar-refractivity contribution is 0.251. The summed E-state index contributed by atoms with van der Waals surface area (Å²) in [5.41, 5.74) is 6.99. The number of anilines is 2. The molecule has 3 heterocycles. The molecule has 0 bridgehead atoms. The summed E-state index contributed by atoms with van der Waals surface area (Å²) < 4.78 is 0. The second-order valence-electron chi connectivity index (χ2n) is 6.30. The molecule has 1 aromatic carbocycles. The van der Waals surface area contributed by atoms with Gasteiger partial charge in [-0.25, -0.2) is 4.98 Å². The van der Waals surface area contributed by atoms with Crippen molar-refractivity contribution >= 4 is 34.7 Å². The van der Waals surface area contributed by atoms with Gasteiger partial charge < -0.3 is 10.6 Å². The molecule has 1 aliphatic heterocycles. The molecule has 1 aliphatic rings. The van der Waals surface area contributed by atoms with E-state index in [4.69, 9.17) is 17.3 Å². The second-order valence-corrected chi connectivity index (χ2v) is 7.86. The molecule has 134 valence electrons. The largest absolute Gasteiger partial charge is 0.368 e. The van der Waals surface area contributed by atoms with E-state index in [0.717, 1.165) is 38.5 Å². The molecular formula is C19H20ClN5S. The number of benzene rings is 1.